The van der Waals surface area contributed by atoms with Crippen molar-refractivity contribution in [1.82, 2.24) is 5.32 Å². The van der Waals surface area contributed by atoms with Crippen LogP contribution in [0.3, 0.4) is 0 Å². The molecular formula is C14H23NO2. The number of benzene rings is 1. The van der Waals surface area contributed by atoms with E-state index in [4.69, 9.17) is 9.47 Å². The van der Waals surface area contributed by atoms with Gasteiger partial charge < -0.3 is 14.8 Å². The molecule has 1 N–H and O–H groups in total. The van der Waals surface area contributed by atoms with Gasteiger partial charge in [0.25, 0.3) is 0 Å². The highest BCUT2D eigenvalue weighted by molar-refractivity contribution is 5.39. The Balaban J connectivity index is 2.13. The van der Waals surface area contributed by atoms with Crippen molar-refractivity contribution in [2.45, 2.75) is 26.2 Å². The number of para-hydroxylation sites is 2. The summed E-state index contributed by atoms with van der Waals surface area (Å²) in [6.07, 6.45) is 3.40. The van der Waals surface area contributed by atoms with Crippen LogP contribution in [0.1, 0.15) is 26.2 Å². The van der Waals surface area contributed by atoms with Gasteiger partial charge in [-0.3, -0.25) is 0 Å². The molecule has 0 saturated carbocycles. The van der Waals surface area contributed by atoms with E-state index in [1.165, 1.54) is 6.42 Å². The highest BCUT2D eigenvalue weighted by Gasteiger charge is 2.01. The summed E-state index contributed by atoms with van der Waals surface area (Å²) in [6, 6.07) is 7.76. The Morgan fingerprint density at radius 2 is 1.82 bits per heavy atom. The summed E-state index contributed by atoms with van der Waals surface area (Å²) in [5.74, 6) is 1.63. The van der Waals surface area contributed by atoms with Gasteiger partial charge in [0.1, 0.15) is 0 Å². The molecule has 0 spiro atoms. The number of hydrogen-bond donors (Lipinski definition) is 1. The third-order valence-corrected chi connectivity index (χ3v) is 2.50. The molecule has 0 atom stereocenters. The summed E-state index contributed by atoms with van der Waals surface area (Å²) >= 11 is 0. The van der Waals surface area contributed by atoms with Crippen LogP contribution in [0.4, 0.5) is 0 Å². The Kier molecular flexibility index (Phi) is 7.23. The third kappa shape index (κ3) is 5.59. The van der Waals surface area contributed by atoms with Crippen LogP contribution in [0.15, 0.2) is 24.3 Å². The zero-order valence-corrected chi connectivity index (χ0v) is 10.9. The molecule has 0 heterocycles. The Labute approximate surface area is 104 Å². The van der Waals surface area contributed by atoms with Crippen molar-refractivity contribution in [2.75, 3.05) is 26.8 Å². The van der Waals surface area contributed by atoms with Crippen LogP contribution in [-0.4, -0.2) is 26.8 Å². The second-order valence-corrected chi connectivity index (χ2v) is 3.96. The van der Waals surface area contributed by atoms with Crippen LogP contribution in [0.2, 0.25) is 0 Å². The molecule has 0 unspecified atom stereocenters. The van der Waals surface area contributed by atoms with E-state index in [0.29, 0.717) is 0 Å². The summed E-state index contributed by atoms with van der Waals surface area (Å²) in [6.45, 7) is 5.10. The summed E-state index contributed by atoms with van der Waals surface area (Å²) in [5, 5.41) is 3.38. The molecule has 1 aromatic carbocycles. The van der Waals surface area contributed by atoms with Crippen molar-refractivity contribution in [3.63, 3.8) is 0 Å². The van der Waals surface area contributed by atoms with Crippen molar-refractivity contribution in [3.8, 4) is 11.5 Å². The highest BCUT2D eigenvalue weighted by Crippen LogP contribution is 2.25. The van der Waals surface area contributed by atoms with Crippen LogP contribution < -0.4 is 14.8 Å². The van der Waals surface area contributed by atoms with Crippen molar-refractivity contribution in [2.24, 2.45) is 0 Å². The molecule has 0 aliphatic carbocycles. The standard InChI is InChI=1S/C14H23NO2/c1-3-10-15-11-6-7-12-17-14-9-5-4-8-13(14)16-2/h4-5,8-9,15H,3,6-7,10-12H2,1-2H3. The first-order valence-corrected chi connectivity index (χ1v) is 6.35. The molecule has 0 fully saturated rings. The Hall–Kier alpha value is -1.22. The molecule has 0 bridgehead atoms. The molecule has 3 nitrogen and oxygen atoms in total. The van der Waals surface area contributed by atoms with E-state index in [2.05, 4.69) is 12.2 Å². The lowest BCUT2D eigenvalue weighted by Crippen LogP contribution is -2.16. The Bertz CT molecular complexity index is 302. The normalized spacial score (nSPS) is 10.2. The van der Waals surface area contributed by atoms with Gasteiger partial charge in [-0.05, 0) is 44.5 Å². The fourth-order valence-corrected chi connectivity index (χ4v) is 1.57. The van der Waals surface area contributed by atoms with Gasteiger partial charge in [-0.15, -0.1) is 0 Å². The summed E-state index contributed by atoms with van der Waals surface area (Å²) in [7, 11) is 1.66. The second-order valence-electron chi connectivity index (χ2n) is 3.96. The van der Waals surface area contributed by atoms with Crippen LogP contribution in [-0.2, 0) is 0 Å². The van der Waals surface area contributed by atoms with Gasteiger partial charge in [0, 0.05) is 0 Å². The van der Waals surface area contributed by atoms with Crippen molar-refractivity contribution >= 4 is 0 Å². The van der Waals surface area contributed by atoms with Gasteiger partial charge >= 0.3 is 0 Å². The summed E-state index contributed by atoms with van der Waals surface area (Å²) in [5.41, 5.74) is 0. The lowest BCUT2D eigenvalue weighted by atomic mass is 10.3. The molecule has 0 aromatic heterocycles. The van der Waals surface area contributed by atoms with Gasteiger partial charge in [0.15, 0.2) is 11.5 Å². The molecule has 1 rings (SSSR count). The van der Waals surface area contributed by atoms with Crippen LogP contribution in [0.5, 0.6) is 11.5 Å². The molecular weight excluding hydrogens is 214 g/mol. The lowest BCUT2D eigenvalue weighted by molar-refractivity contribution is 0.286. The second kappa shape index (κ2) is 8.88. The Morgan fingerprint density at radius 1 is 1.06 bits per heavy atom. The van der Waals surface area contributed by atoms with Crippen molar-refractivity contribution < 1.29 is 9.47 Å². The van der Waals surface area contributed by atoms with E-state index in [9.17, 15) is 0 Å². The molecule has 0 amide bonds. The van der Waals surface area contributed by atoms with Crippen LogP contribution >= 0.6 is 0 Å². The maximum Gasteiger partial charge on any atom is 0.161 e. The van der Waals surface area contributed by atoms with E-state index in [1.54, 1.807) is 7.11 Å². The average Bonchev–Trinajstić information content (AvgIpc) is 2.38. The van der Waals surface area contributed by atoms with Gasteiger partial charge in [-0.1, -0.05) is 19.1 Å². The van der Waals surface area contributed by atoms with E-state index in [1.807, 2.05) is 24.3 Å². The molecule has 1 aromatic rings. The fourth-order valence-electron chi connectivity index (χ4n) is 1.57. The number of methoxy groups -OCH3 is 1. The molecule has 0 radical (unpaired) electrons. The lowest BCUT2D eigenvalue weighted by Gasteiger charge is -2.10. The SMILES string of the molecule is CCCNCCCCOc1ccccc1OC. The zero-order valence-electron chi connectivity index (χ0n) is 10.9. The monoisotopic (exact) mass is 237 g/mol. The minimum Gasteiger partial charge on any atom is -0.493 e. The smallest absolute Gasteiger partial charge is 0.161 e. The van der Waals surface area contributed by atoms with Gasteiger partial charge in [0.2, 0.25) is 0 Å². The quantitative estimate of drug-likeness (QED) is 0.670. The molecule has 0 saturated heterocycles. The van der Waals surface area contributed by atoms with Crippen LogP contribution in [0, 0.1) is 0 Å². The fraction of sp³-hybridized carbons (Fsp3) is 0.571. The molecule has 3 heteroatoms. The van der Waals surface area contributed by atoms with E-state index < -0.39 is 0 Å². The van der Waals surface area contributed by atoms with E-state index in [-0.39, 0.29) is 0 Å². The average molecular weight is 237 g/mol. The molecule has 17 heavy (non-hydrogen) atoms. The van der Waals surface area contributed by atoms with Gasteiger partial charge in [0.05, 0.1) is 13.7 Å². The first-order valence-electron chi connectivity index (χ1n) is 6.35. The number of hydrogen-bond acceptors (Lipinski definition) is 3. The predicted molar refractivity (Wildman–Crippen MR) is 70.9 cm³/mol. The highest BCUT2D eigenvalue weighted by atomic mass is 16.5. The Morgan fingerprint density at radius 3 is 2.53 bits per heavy atom. The molecule has 0 aliphatic rings. The number of nitrogens with one attached hydrogen (secondary N) is 1. The van der Waals surface area contributed by atoms with Crippen molar-refractivity contribution in [1.29, 1.82) is 0 Å². The van der Waals surface area contributed by atoms with Crippen molar-refractivity contribution in [3.05, 3.63) is 24.3 Å². The largest absolute Gasteiger partial charge is 0.493 e. The minimum absolute atomic E-state index is 0.744. The summed E-state index contributed by atoms with van der Waals surface area (Å²) in [4.78, 5) is 0. The topological polar surface area (TPSA) is 30.5 Å². The van der Waals surface area contributed by atoms with Crippen LogP contribution in [0.25, 0.3) is 0 Å². The maximum absolute atomic E-state index is 5.68. The molecule has 96 valence electrons. The number of rotatable bonds is 9. The van der Waals surface area contributed by atoms with E-state index >= 15 is 0 Å². The third-order valence-electron chi connectivity index (χ3n) is 2.50. The van der Waals surface area contributed by atoms with Gasteiger partial charge in [-0.25, -0.2) is 0 Å². The van der Waals surface area contributed by atoms with Gasteiger partial charge in [-0.2, -0.15) is 0 Å². The zero-order chi connectivity index (χ0) is 12.3. The first-order chi connectivity index (χ1) is 8.38. The first kappa shape index (κ1) is 13.8. The number of ether oxygens (including phenoxy) is 2. The molecule has 0 aliphatic heterocycles. The van der Waals surface area contributed by atoms with E-state index in [0.717, 1.165) is 44.0 Å². The summed E-state index contributed by atoms with van der Waals surface area (Å²) < 4.78 is 10.9. The minimum atomic E-state index is 0.744. The number of unbranched alkanes of at least 4 members (excludes halogenated alkanes) is 1. The predicted octanol–water partition coefficient (Wildman–Crippen LogP) is 2.85. The maximum atomic E-state index is 5.68.